The first-order valence-electron chi connectivity index (χ1n) is 7.63. The van der Waals surface area contributed by atoms with Crippen LogP contribution in [0.4, 0.5) is 0 Å². The zero-order chi connectivity index (χ0) is 13.5. The Hall–Kier alpha value is -1.61. The van der Waals surface area contributed by atoms with E-state index in [1.165, 1.54) is 19.3 Å². The predicted molar refractivity (Wildman–Crippen MR) is 79.9 cm³/mol. The molecule has 104 valence electrons. The van der Waals surface area contributed by atoms with Crippen LogP contribution in [0, 0.1) is 11.8 Å². The van der Waals surface area contributed by atoms with Crippen molar-refractivity contribution in [2.75, 3.05) is 19.6 Å². The molecule has 1 saturated heterocycles. The summed E-state index contributed by atoms with van der Waals surface area (Å²) in [5.41, 5.74) is 1.90. The molecule has 0 spiro atoms. The second kappa shape index (κ2) is 4.74. The van der Waals surface area contributed by atoms with Gasteiger partial charge in [-0.05, 0) is 30.7 Å². The van der Waals surface area contributed by atoms with Gasteiger partial charge in [-0.2, -0.15) is 0 Å². The van der Waals surface area contributed by atoms with E-state index < -0.39 is 0 Å². The number of carbonyl (C=O) groups is 1. The fourth-order valence-corrected chi connectivity index (χ4v) is 4.05. The van der Waals surface area contributed by atoms with Crippen molar-refractivity contribution >= 4 is 16.7 Å². The average molecular weight is 268 g/mol. The lowest BCUT2D eigenvalue weighted by atomic mass is 10.0. The molecular weight excluding hydrogens is 248 g/mol. The van der Waals surface area contributed by atoms with Gasteiger partial charge < -0.3 is 4.98 Å². The fourth-order valence-electron chi connectivity index (χ4n) is 4.05. The van der Waals surface area contributed by atoms with Crippen molar-refractivity contribution in [1.82, 2.24) is 9.88 Å². The van der Waals surface area contributed by atoms with Gasteiger partial charge in [-0.3, -0.25) is 9.69 Å². The van der Waals surface area contributed by atoms with E-state index in [-0.39, 0.29) is 5.78 Å². The van der Waals surface area contributed by atoms with Crippen LogP contribution in [-0.2, 0) is 0 Å². The third-order valence-electron chi connectivity index (χ3n) is 5.06. The molecule has 1 aliphatic heterocycles. The minimum atomic E-state index is 0.252. The first-order chi connectivity index (χ1) is 9.81. The van der Waals surface area contributed by atoms with E-state index >= 15 is 0 Å². The second-order valence-corrected chi connectivity index (χ2v) is 6.32. The molecule has 0 amide bonds. The highest BCUT2D eigenvalue weighted by Gasteiger charge is 2.36. The van der Waals surface area contributed by atoms with E-state index in [0.717, 1.165) is 41.4 Å². The number of aromatic amines is 1. The van der Waals surface area contributed by atoms with Crippen LogP contribution in [0.15, 0.2) is 30.5 Å². The molecule has 1 N–H and O–H groups in total. The Bertz CT molecular complexity index is 633. The quantitative estimate of drug-likeness (QED) is 0.868. The predicted octanol–water partition coefficient (Wildman–Crippen LogP) is 3.08. The lowest BCUT2D eigenvalue weighted by Crippen LogP contribution is -2.28. The zero-order valence-electron chi connectivity index (χ0n) is 11.6. The van der Waals surface area contributed by atoms with Gasteiger partial charge >= 0.3 is 0 Å². The first kappa shape index (κ1) is 12.2. The molecule has 20 heavy (non-hydrogen) atoms. The number of fused-ring (bicyclic) bond motifs is 2. The summed E-state index contributed by atoms with van der Waals surface area (Å²) >= 11 is 0. The third-order valence-corrected chi connectivity index (χ3v) is 5.06. The number of ketones is 1. The summed E-state index contributed by atoms with van der Waals surface area (Å²) in [5.74, 6) is 1.96. The molecule has 1 saturated carbocycles. The lowest BCUT2D eigenvalue weighted by Gasteiger charge is -2.15. The van der Waals surface area contributed by atoms with Gasteiger partial charge in [0.2, 0.25) is 0 Å². The lowest BCUT2D eigenvalue weighted by molar-refractivity contribution is 0.0942. The Kier molecular flexibility index (Phi) is 2.88. The smallest absolute Gasteiger partial charge is 0.178 e. The SMILES string of the molecule is O=C(CN1CC2CCCC2C1)c1c[nH]c2ccccc12. The van der Waals surface area contributed by atoms with Gasteiger partial charge in [0.25, 0.3) is 0 Å². The summed E-state index contributed by atoms with van der Waals surface area (Å²) < 4.78 is 0. The van der Waals surface area contributed by atoms with E-state index in [9.17, 15) is 4.79 Å². The largest absolute Gasteiger partial charge is 0.360 e. The van der Waals surface area contributed by atoms with Crippen molar-refractivity contribution in [3.8, 4) is 0 Å². The number of nitrogens with zero attached hydrogens (tertiary/aromatic N) is 1. The minimum absolute atomic E-state index is 0.252. The van der Waals surface area contributed by atoms with Crippen LogP contribution in [0.5, 0.6) is 0 Å². The Morgan fingerprint density at radius 1 is 1.20 bits per heavy atom. The number of rotatable bonds is 3. The van der Waals surface area contributed by atoms with E-state index in [0.29, 0.717) is 6.54 Å². The second-order valence-electron chi connectivity index (χ2n) is 6.32. The first-order valence-corrected chi connectivity index (χ1v) is 7.63. The molecule has 0 radical (unpaired) electrons. The standard InChI is InChI=1S/C17H20N2O/c20-17(11-19-9-12-4-3-5-13(12)10-19)15-8-18-16-7-2-1-6-14(15)16/h1-2,6-8,12-13,18H,3-5,9-11H2. The number of benzene rings is 1. The van der Waals surface area contributed by atoms with Gasteiger partial charge in [-0.1, -0.05) is 24.6 Å². The highest BCUT2D eigenvalue weighted by molar-refractivity contribution is 6.08. The van der Waals surface area contributed by atoms with Crippen LogP contribution >= 0.6 is 0 Å². The Balaban J connectivity index is 1.51. The van der Waals surface area contributed by atoms with E-state index in [4.69, 9.17) is 0 Å². The van der Waals surface area contributed by atoms with Crippen LogP contribution in [0.2, 0.25) is 0 Å². The molecule has 1 aliphatic carbocycles. The number of aromatic nitrogens is 1. The van der Waals surface area contributed by atoms with Gasteiger partial charge in [0, 0.05) is 35.8 Å². The monoisotopic (exact) mass is 268 g/mol. The zero-order valence-corrected chi connectivity index (χ0v) is 11.6. The Morgan fingerprint density at radius 3 is 2.75 bits per heavy atom. The van der Waals surface area contributed by atoms with Crippen LogP contribution in [0.3, 0.4) is 0 Å². The molecule has 1 aromatic heterocycles. The molecule has 2 unspecified atom stereocenters. The van der Waals surface area contributed by atoms with Gasteiger partial charge in [0.05, 0.1) is 6.54 Å². The molecule has 3 heteroatoms. The number of para-hydroxylation sites is 1. The summed E-state index contributed by atoms with van der Waals surface area (Å²) in [6, 6.07) is 8.03. The topological polar surface area (TPSA) is 36.1 Å². The molecule has 2 atom stereocenters. The van der Waals surface area contributed by atoms with Crippen LogP contribution < -0.4 is 0 Å². The number of nitrogens with one attached hydrogen (secondary N) is 1. The Labute approximate surface area is 119 Å². The van der Waals surface area contributed by atoms with Crippen LogP contribution in [0.1, 0.15) is 29.6 Å². The molecule has 0 bridgehead atoms. The summed E-state index contributed by atoms with van der Waals surface area (Å²) in [6.07, 6.45) is 5.98. The Morgan fingerprint density at radius 2 is 1.95 bits per heavy atom. The molecule has 2 aliphatic rings. The molecule has 1 aromatic carbocycles. The van der Waals surface area contributed by atoms with Crippen LogP contribution in [0.25, 0.3) is 10.9 Å². The number of hydrogen-bond acceptors (Lipinski definition) is 2. The molecule has 2 fully saturated rings. The van der Waals surface area contributed by atoms with Gasteiger partial charge in [-0.25, -0.2) is 0 Å². The van der Waals surface area contributed by atoms with Crippen molar-refractivity contribution in [3.05, 3.63) is 36.0 Å². The van der Waals surface area contributed by atoms with E-state index in [1.807, 2.05) is 30.5 Å². The van der Waals surface area contributed by atoms with Crippen molar-refractivity contribution in [3.63, 3.8) is 0 Å². The van der Waals surface area contributed by atoms with Crippen LogP contribution in [-0.4, -0.2) is 35.3 Å². The maximum Gasteiger partial charge on any atom is 0.178 e. The average Bonchev–Trinajstić information content (AvgIpc) is 3.10. The summed E-state index contributed by atoms with van der Waals surface area (Å²) in [7, 11) is 0. The van der Waals surface area contributed by atoms with Crippen molar-refractivity contribution in [2.24, 2.45) is 11.8 Å². The van der Waals surface area contributed by atoms with Gasteiger partial charge in [0.1, 0.15) is 0 Å². The highest BCUT2D eigenvalue weighted by atomic mass is 16.1. The highest BCUT2D eigenvalue weighted by Crippen LogP contribution is 2.37. The molecule has 2 aromatic rings. The molecular formula is C17H20N2O. The van der Waals surface area contributed by atoms with Crippen molar-refractivity contribution < 1.29 is 4.79 Å². The third kappa shape index (κ3) is 1.97. The van der Waals surface area contributed by atoms with Gasteiger partial charge in [0.15, 0.2) is 5.78 Å². The summed E-state index contributed by atoms with van der Waals surface area (Å²) in [6.45, 7) is 2.83. The molecule has 4 rings (SSSR count). The number of likely N-dealkylation sites (tertiary alicyclic amines) is 1. The number of hydrogen-bond donors (Lipinski definition) is 1. The van der Waals surface area contributed by atoms with E-state index in [2.05, 4.69) is 9.88 Å². The minimum Gasteiger partial charge on any atom is -0.360 e. The van der Waals surface area contributed by atoms with Gasteiger partial charge in [-0.15, -0.1) is 0 Å². The van der Waals surface area contributed by atoms with E-state index in [1.54, 1.807) is 0 Å². The fraction of sp³-hybridized carbons (Fsp3) is 0.471. The number of carbonyl (C=O) groups excluding carboxylic acids is 1. The molecule has 3 nitrogen and oxygen atoms in total. The molecule has 2 heterocycles. The number of H-pyrrole nitrogens is 1. The number of Topliss-reactive ketones (excluding diaryl/α,β-unsaturated/α-hetero) is 1. The summed E-state index contributed by atoms with van der Waals surface area (Å²) in [5, 5.41) is 1.05. The normalized spacial score (nSPS) is 26.2. The van der Waals surface area contributed by atoms with Crippen molar-refractivity contribution in [2.45, 2.75) is 19.3 Å². The maximum absolute atomic E-state index is 12.5. The van der Waals surface area contributed by atoms with Crippen molar-refractivity contribution in [1.29, 1.82) is 0 Å². The summed E-state index contributed by atoms with van der Waals surface area (Å²) in [4.78, 5) is 18.1. The maximum atomic E-state index is 12.5.